The van der Waals surface area contributed by atoms with Gasteiger partial charge in [0.05, 0.1) is 6.61 Å². The number of aldehydes is 1. The quantitative estimate of drug-likeness (QED) is 0.609. The predicted octanol–water partition coefficient (Wildman–Crippen LogP) is 3.14. The topological polar surface area (TPSA) is 38.3 Å². The van der Waals surface area contributed by atoms with Gasteiger partial charge in [0, 0.05) is 19.6 Å². The highest BCUT2D eigenvalue weighted by Gasteiger charge is 2.28. The Morgan fingerprint density at radius 3 is 1.78 bits per heavy atom. The minimum Gasteiger partial charge on any atom is -0.383 e. The maximum Gasteiger partial charge on any atom is 0.123 e. The van der Waals surface area contributed by atoms with E-state index in [0.29, 0.717) is 0 Å². The molecule has 0 bridgehead atoms. The van der Waals surface area contributed by atoms with Crippen LogP contribution in [0.2, 0.25) is 0 Å². The summed E-state index contributed by atoms with van der Waals surface area (Å²) in [5.41, 5.74) is 0.355. The molecule has 0 aliphatic heterocycles. The lowest BCUT2D eigenvalue weighted by atomic mass is 9.73. The summed E-state index contributed by atoms with van der Waals surface area (Å²) in [6.45, 7) is 14.6. The maximum absolute atomic E-state index is 10.8. The number of nitrogens with one attached hydrogen (secondary N) is 1. The molecule has 110 valence electrons. The Morgan fingerprint density at radius 1 is 1.17 bits per heavy atom. The molecule has 1 atom stereocenters. The van der Waals surface area contributed by atoms with E-state index in [2.05, 4.69) is 46.9 Å². The van der Waals surface area contributed by atoms with Gasteiger partial charge in [-0.1, -0.05) is 41.5 Å². The summed E-state index contributed by atoms with van der Waals surface area (Å²) in [5.74, 6) is 0.178. The van der Waals surface area contributed by atoms with Crippen molar-refractivity contribution >= 4 is 6.29 Å². The molecule has 1 unspecified atom stereocenters. The number of hydrogen-bond acceptors (Lipinski definition) is 3. The molecule has 0 aromatic carbocycles. The second kappa shape index (κ2) is 9.51. The number of ether oxygens (including phenoxy) is 1. The second-order valence-electron chi connectivity index (χ2n) is 6.97. The third-order valence-electron chi connectivity index (χ3n) is 2.67. The summed E-state index contributed by atoms with van der Waals surface area (Å²) >= 11 is 0. The minimum atomic E-state index is 0.106. The Kier molecular flexibility index (Phi) is 10.5. The van der Waals surface area contributed by atoms with E-state index in [1.807, 2.05) is 7.05 Å². The van der Waals surface area contributed by atoms with Crippen molar-refractivity contribution in [1.29, 1.82) is 0 Å². The molecular weight excluding hydrogens is 226 g/mol. The smallest absolute Gasteiger partial charge is 0.123 e. The van der Waals surface area contributed by atoms with E-state index in [9.17, 15) is 4.79 Å². The third kappa shape index (κ3) is 13.7. The van der Waals surface area contributed by atoms with Gasteiger partial charge in [-0.05, 0) is 24.3 Å². The Balaban J connectivity index is 0. The molecule has 0 aromatic heterocycles. The number of hydrogen-bond donors (Lipinski definition) is 1. The highest BCUT2D eigenvalue weighted by molar-refractivity contribution is 5.54. The summed E-state index contributed by atoms with van der Waals surface area (Å²) in [4.78, 5) is 10.8. The molecule has 3 heteroatoms. The Bertz CT molecular complexity index is 198. The zero-order chi connectivity index (χ0) is 14.8. The van der Waals surface area contributed by atoms with Gasteiger partial charge in [0.1, 0.15) is 6.29 Å². The maximum atomic E-state index is 10.8. The largest absolute Gasteiger partial charge is 0.383 e. The van der Waals surface area contributed by atoms with Gasteiger partial charge in [0.25, 0.3) is 0 Å². The molecule has 0 spiro atoms. The Hall–Kier alpha value is -0.410. The molecule has 0 saturated carbocycles. The normalized spacial score (nSPS) is 13.6. The number of carbonyl (C=O) groups excluding carboxylic acids is 1. The summed E-state index contributed by atoms with van der Waals surface area (Å²) in [6, 6.07) is 0. The fourth-order valence-corrected chi connectivity index (χ4v) is 1.42. The summed E-state index contributed by atoms with van der Waals surface area (Å²) in [6.07, 6.45) is 2.07. The van der Waals surface area contributed by atoms with E-state index >= 15 is 0 Å². The molecule has 0 saturated heterocycles. The van der Waals surface area contributed by atoms with E-state index < -0.39 is 0 Å². The molecular formula is C15H33NO2. The van der Waals surface area contributed by atoms with Crippen LogP contribution in [0.25, 0.3) is 0 Å². The van der Waals surface area contributed by atoms with Gasteiger partial charge in [-0.25, -0.2) is 0 Å². The van der Waals surface area contributed by atoms with E-state index in [4.69, 9.17) is 4.74 Å². The molecule has 0 heterocycles. The first-order valence-electron chi connectivity index (χ1n) is 6.67. The number of rotatable bonds is 5. The minimum absolute atomic E-state index is 0.106. The lowest BCUT2D eigenvalue weighted by Crippen LogP contribution is -2.26. The van der Waals surface area contributed by atoms with Gasteiger partial charge in [0.15, 0.2) is 0 Å². The highest BCUT2D eigenvalue weighted by Crippen LogP contribution is 2.34. The van der Waals surface area contributed by atoms with Crippen LogP contribution in [-0.2, 0) is 9.53 Å². The molecule has 0 fully saturated rings. The van der Waals surface area contributed by atoms with E-state index in [-0.39, 0.29) is 16.7 Å². The van der Waals surface area contributed by atoms with E-state index in [1.165, 1.54) is 0 Å². The molecule has 3 nitrogen and oxygen atoms in total. The standard InChI is InChI=1S/C11H22O.C4H11NO/c1-10(2,3)7-9(8-12)11(4,5)6;1-5-3-4-6-2/h8-9H,7H2,1-6H3;5H,3-4H2,1-2H3. The zero-order valence-electron chi connectivity index (χ0n) is 13.6. The van der Waals surface area contributed by atoms with Crippen LogP contribution in [0.4, 0.5) is 0 Å². The molecule has 0 rings (SSSR count). The van der Waals surface area contributed by atoms with E-state index in [0.717, 1.165) is 25.9 Å². The monoisotopic (exact) mass is 259 g/mol. The van der Waals surface area contributed by atoms with Crippen LogP contribution < -0.4 is 5.32 Å². The van der Waals surface area contributed by atoms with Crippen molar-refractivity contribution in [3.8, 4) is 0 Å². The average molecular weight is 259 g/mol. The second-order valence-corrected chi connectivity index (χ2v) is 6.97. The van der Waals surface area contributed by atoms with Crippen LogP contribution in [-0.4, -0.2) is 33.6 Å². The number of likely N-dealkylation sites (N-methyl/N-ethyl adjacent to an activating group) is 1. The molecule has 0 aliphatic rings. The fraction of sp³-hybridized carbons (Fsp3) is 0.933. The van der Waals surface area contributed by atoms with Gasteiger partial charge in [-0.3, -0.25) is 0 Å². The van der Waals surface area contributed by atoms with Gasteiger partial charge in [-0.2, -0.15) is 0 Å². The molecule has 1 N–H and O–H groups in total. The van der Waals surface area contributed by atoms with Crippen LogP contribution in [0, 0.1) is 16.7 Å². The van der Waals surface area contributed by atoms with Crippen molar-refractivity contribution in [2.75, 3.05) is 27.3 Å². The lowest BCUT2D eigenvalue weighted by Gasteiger charge is -2.31. The van der Waals surface area contributed by atoms with Gasteiger partial charge in [0.2, 0.25) is 0 Å². The molecule has 0 aromatic rings. The molecule has 0 amide bonds. The van der Waals surface area contributed by atoms with Gasteiger partial charge < -0.3 is 14.8 Å². The highest BCUT2D eigenvalue weighted by atomic mass is 16.5. The van der Waals surface area contributed by atoms with Crippen LogP contribution in [0.15, 0.2) is 0 Å². The first-order valence-corrected chi connectivity index (χ1v) is 6.67. The SMILES string of the molecule is CC(C)(C)CC(C=O)C(C)(C)C.CNCCOC. The summed E-state index contributed by atoms with van der Waals surface area (Å²) in [7, 11) is 3.59. The molecule has 0 radical (unpaired) electrons. The Morgan fingerprint density at radius 2 is 1.67 bits per heavy atom. The first-order chi connectivity index (χ1) is 8.08. The lowest BCUT2D eigenvalue weighted by molar-refractivity contribution is -0.115. The number of methoxy groups -OCH3 is 1. The van der Waals surface area contributed by atoms with Gasteiger partial charge >= 0.3 is 0 Å². The van der Waals surface area contributed by atoms with Crippen LogP contribution in [0.5, 0.6) is 0 Å². The Labute approximate surface area is 114 Å². The zero-order valence-corrected chi connectivity index (χ0v) is 13.6. The van der Waals surface area contributed by atoms with Crippen LogP contribution in [0.1, 0.15) is 48.0 Å². The van der Waals surface area contributed by atoms with E-state index in [1.54, 1.807) is 7.11 Å². The third-order valence-corrected chi connectivity index (χ3v) is 2.67. The van der Waals surface area contributed by atoms with Crippen molar-refractivity contribution in [3.05, 3.63) is 0 Å². The first kappa shape index (κ1) is 19.9. The predicted molar refractivity (Wildman–Crippen MR) is 78.9 cm³/mol. The summed E-state index contributed by atoms with van der Waals surface area (Å²) in [5, 5.41) is 2.94. The van der Waals surface area contributed by atoms with Gasteiger partial charge in [-0.15, -0.1) is 0 Å². The van der Waals surface area contributed by atoms with Crippen molar-refractivity contribution in [1.82, 2.24) is 5.32 Å². The fourth-order valence-electron chi connectivity index (χ4n) is 1.42. The molecule has 18 heavy (non-hydrogen) atoms. The van der Waals surface area contributed by atoms with Crippen LogP contribution in [0.3, 0.4) is 0 Å². The summed E-state index contributed by atoms with van der Waals surface area (Å²) < 4.78 is 4.72. The van der Waals surface area contributed by atoms with Crippen molar-refractivity contribution < 1.29 is 9.53 Å². The van der Waals surface area contributed by atoms with Crippen molar-refractivity contribution in [3.63, 3.8) is 0 Å². The van der Waals surface area contributed by atoms with Crippen molar-refractivity contribution in [2.24, 2.45) is 16.7 Å². The number of carbonyl (C=O) groups is 1. The van der Waals surface area contributed by atoms with Crippen molar-refractivity contribution in [2.45, 2.75) is 48.0 Å². The molecule has 0 aliphatic carbocycles. The van der Waals surface area contributed by atoms with Crippen LogP contribution >= 0.6 is 0 Å². The average Bonchev–Trinajstić information content (AvgIpc) is 2.21.